The van der Waals surface area contributed by atoms with Gasteiger partial charge in [-0.3, -0.25) is 9.79 Å². The number of anilines is 2. The summed E-state index contributed by atoms with van der Waals surface area (Å²) >= 11 is 0. The van der Waals surface area contributed by atoms with Gasteiger partial charge >= 0.3 is 6.18 Å². The zero-order chi connectivity index (χ0) is 25.8. The van der Waals surface area contributed by atoms with Crippen molar-refractivity contribution in [3.63, 3.8) is 0 Å². The predicted octanol–water partition coefficient (Wildman–Crippen LogP) is 4.59. The molecule has 2 aromatic heterocycles. The number of pyridine rings is 1. The lowest BCUT2D eigenvalue weighted by Gasteiger charge is -2.29. The lowest BCUT2D eigenvalue weighted by atomic mass is 9.98. The lowest BCUT2D eigenvalue weighted by molar-refractivity contribution is -0.140. The maximum absolute atomic E-state index is 14.8. The molecule has 2 aliphatic heterocycles. The number of hydrogen-bond donors (Lipinski definition) is 1. The fourth-order valence-electron chi connectivity index (χ4n) is 4.42. The fraction of sp³-hybridized carbons (Fsp3) is 0.280. The highest BCUT2D eigenvalue weighted by Crippen LogP contribution is 2.39. The lowest BCUT2D eigenvalue weighted by Crippen LogP contribution is -2.33. The van der Waals surface area contributed by atoms with Gasteiger partial charge < -0.3 is 14.8 Å². The van der Waals surface area contributed by atoms with E-state index in [1.165, 1.54) is 22.8 Å². The minimum Gasteiger partial charge on any atom is -0.363 e. The number of fused-ring (bicyclic) bond motifs is 3. The van der Waals surface area contributed by atoms with E-state index in [2.05, 4.69) is 20.3 Å². The molecule has 7 nitrogen and oxygen atoms in total. The topological polar surface area (TPSA) is 75.4 Å². The van der Waals surface area contributed by atoms with E-state index in [-0.39, 0.29) is 11.1 Å². The van der Waals surface area contributed by atoms with E-state index in [4.69, 9.17) is 0 Å². The fourth-order valence-corrected chi connectivity index (χ4v) is 4.42. The quantitative estimate of drug-likeness (QED) is 0.533. The standard InChI is InChI=1S/C25H22F4N6O/c1-13(16-5-4-6-19(21(16)26)25(27,28)29)31-22-18-12-17(15-7-9-34(3)20(36)11-15)23-30-8-10-35(23)24(18)33-14(2)32-22/h4-7,9,11-13H,8,10H2,1-3H3,(H,31,32,33). The van der Waals surface area contributed by atoms with Gasteiger partial charge in [0.05, 0.1) is 23.7 Å². The SMILES string of the molecule is Cc1nc(NC(C)c2cccc(C(F)(F)F)c2F)c2c(n1)N1CCN=C1C(c1ccn(C)c(=O)c1)=C2. The molecule has 1 unspecified atom stereocenters. The molecule has 5 rings (SSSR count). The second-order valence-corrected chi connectivity index (χ2v) is 8.71. The van der Waals surface area contributed by atoms with Crippen LogP contribution in [0.15, 0.2) is 46.3 Å². The van der Waals surface area contributed by atoms with E-state index < -0.39 is 23.6 Å². The number of alkyl halides is 3. The van der Waals surface area contributed by atoms with E-state index >= 15 is 0 Å². The number of benzene rings is 1. The van der Waals surface area contributed by atoms with Crippen LogP contribution in [0.4, 0.5) is 29.2 Å². The number of rotatable bonds is 4. The molecule has 11 heteroatoms. The van der Waals surface area contributed by atoms with Crippen molar-refractivity contribution in [1.82, 2.24) is 14.5 Å². The number of hydrogen-bond acceptors (Lipinski definition) is 6. The van der Waals surface area contributed by atoms with Crippen molar-refractivity contribution in [2.24, 2.45) is 12.0 Å². The van der Waals surface area contributed by atoms with Crippen LogP contribution in [0.5, 0.6) is 0 Å². The Hall–Kier alpha value is -4.02. The molecule has 0 amide bonds. The van der Waals surface area contributed by atoms with Gasteiger partial charge in [-0.2, -0.15) is 13.2 Å². The molecule has 0 aliphatic carbocycles. The summed E-state index contributed by atoms with van der Waals surface area (Å²) in [6.45, 7) is 4.38. The summed E-state index contributed by atoms with van der Waals surface area (Å²) in [5.41, 5.74) is 0.307. The Morgan fingerprint density at radius 3 is 2.67 bits per heavy atom. The Labute approximate surface area is 203 Å². The van der Waals surface area contributed by atoms with Crippen molar-refractivity contribution < 1.29 is 17.6 Å². The molecule has 0 bridgehead atoms. The molecular formula is C25H22F4N6O. The van der Waals surface area contributed by atoms with Crippen LogP contribution >= 0.6 is 0 Å². The third-order valence-electron chi connectivity index (χ3n) is 6.23. The summed E-state index contributed by atoms with van der Waals surface area (Å²) in [7, 11) is 1.66. The van der Waals surface area contributed by atoms with Crippen LogP contribution in [0.1, 0.15) is 41.0 Å². The molecule has 1 aromatic carbocycles. The molecule has 4 heterocycles. The second kappa shape index (κ2) is 8.58. The molecule has 1 N–H and O–H groups in total. The van der Waals surface area contributed by atoms with Crippen LogP contribution < -0.4 is 15.8 Å². The molecule has 2 aliphatic rings. The average Bonchev–Trinajstić information content (AvgIpc) is 3.30. The molecule has 0 saturated heterocycles. The van der Waals surface area contributed by atoms with Crippen molar-refractivity contribution >= 4 is 29.1 Å². The van der Waals surface area contributed by atoms with Crippen molar-refractivity contribution in [2.75, 3.05) is 23.3 Å². The zero-order valence-electron chi connectivity index (χ0n) is 19.7. The predicted molar refractivity (Wildman–Crippen MR) is 129 cm³/mol. The number of nitrogens with one attached hydrogen (secondary N) is 1. The number of aliphatic imine (C=N–C) groups is 1. The maximum Gasteiger partial charge on any atom is 0.419 e. The van der Waals surface area contributed by atoms with Gasteiger partial charge in [0.25, 0.3) is 5.56 Å². The summed E-state index contributed by atoms with van der Waals surface area (Å²) in [5, 5.41) is 3.08. The molecule has 0 radical (unpaired) electrons. The minimum atomic E-state index is -4.81. The molecule has 1 atom stereocenters. The first-order valence-corrected chi connectivity index (χ1v) is 11.3. The van der Waals surface area contributed by atoms with Crippen molar-refractivity contribution in [3.05, 3.63) is 80.8 Å². The Bertz CT molecular complexity index is 1490. The van der Waals surface area contributed by atoms with E-state index in [0.29, 0.717) is 53.1 Å². The van der Waals surface area contributed by atoms with Crippen molar-refractivity contribution in [1.29, 1.82) is 0 Å². The number of amidine groups is 1. The first-order valence-electron chi connectivity index (χ1n) is 11.3. The van der Waals surface area contributed by atoms with Crippen LogP contribution in [-0.2, 0) is 13.2 Å². The van der Waals surface area contributed by atoms with Crippen LogP contribution in [-0.4, -0.2) is 33.5 Å². The van der Waals surface area contributed by atoms with Crippen molar-refractivity contribution in [3.8, 4) is 0 Å². The van der Waals surface area contributed by atoms with Crippen LogP contribution in [0.3, 0.4) is 0 Å². The first-order chi connectivity index (χ1) is 17.0. The highest BCUT2D eigenvalue weighted by molar-refractivity contribution is 6.36. The molecule has 3 aromatic rings. The number of halogens is 4. The van der Waals surface area contributed by atoms with E-state index in [9.17, 15) is 22.4 Å². The highest BCUT2D eigenvalue weighted by atomic mass is 19.4. The minimum absolute atomic E-state index is 0.134. The largest absolute Gasteiger partial charge is 0.419 e. The van der Waals surface area contributed by atoms with Gasteiger partial charge in [0.15, 0.2) is 0 Å². The normalized spacial score (nSPS) is 15.7. The van der Waals surface area contributed by atoms with Gasteiger partial charge in [-0.15, -0.1) is 0 Å². The van der Waals surface area contributed by atoms with Gasteiger partial charge in [0.1, 0.15) is 29.1 Å². The molecule has 186 valence electrons. The monoisotopic (exact) mass is 498 g/mol. The third-order valence-corrected chi connectivity index (χ3v) is 6.23. The first kappa shape index (κ1) is 23.7. The summed E-state index contributed by atoms with van der Waals surface area (Å²) < 4.78 is 56.0. The number of nitrogens with zero attached hydrogens (tertiary/aromatic N) is 5. The Morgan fingerprint density at radius 2 is 1.94 bits per heavy atom. The van der Waals surface area contributed by atoms with Gasteiger partial charge in [0.2, 0.25) is 0 Å². The Kier molecular flexibility index (Phi) is 5.65. The van der Waals surface area contributed by atoms with Crippen LogP contribution in [0, 0.1) is 12.7 Å². The van der Waals surface area contributed by atoms with Crippen molar-refractivity contribution in [2.45, 2.75) is 26.1 Å². The molecule has 0 fully saturated rings. The molecule has 0 saturated carbocycles. The van der Waals surface area contributed by atoms with Gasteiger partial charge in [-0.05, 0) is 37.6 Å². The third kappa shape index (κ3) is 4.04. The van der Waals surface area contributed by atoms with E-state index in [0.717, 1.165) is 6.07 Å². The number of aryl methyl sites for hydroxylation is 2. The van der Waals surface area contributed by atoms with E-state index in [1.807, 2.05) is 11.0 Å². The summed E-state index contributed by atoms with van der Waals surface area (Å²) in [4.78, 5) is 27.9. The van der Waals surface area contributed by atoms with E-state index in [1.54, 1.807) is 33.2 Å². The summed E-state index contributed by atoms with van der Waals surface area (Å²) in [6, 6.07) is 5.70. The Morgan fingerprint density at radius 1 is 1.17 bits per heavy atom. The average molecular weight is 498 g/mol. The van der Waals surface area contributed by atoms with Gasteiger partial charge in [-0.25, -0.2) is 14.4 Å². The number of aromatic nitrogens is 3. The summed E-state index contributed by atoms with van der Waals surface area (Å²) in [6.07, 6.45) is -1.33. The smallest absolute Gasteiger partial charge is 0.363 e. The van der Waals surface area contributed by atoms with Crippen LogP contribution in [0.2, 0.25) is 0 Å². The Balaban J connectivity index is 1.61. The maximum atomic E-state index is 14.8. The van der Waals surface area contributed by atoms with Crippen LogP contribution in [0.25, 0.3) is 11.6 Å². The zero-order valence-corrected chi connectivity index (χ0v) is 19.7. The van der Waals surface area contributed by atoms with Gasteiger partial charge in [-0.1, -0.05) is 12.1 Å². The molecule has 0 spiro atoms. The highest BCUT2D eigenvalue weighted by Gasteiger charge is 2.36. The van der Waals surface area contributed by atoms with Gasteiger partial charge in [0, 0.05) is 37.0 Å². The summed E-state index contributed by atoms with van der Waals surface area (Å²) in [5.74, 6) is 0.719. The molecule has 36 heavy (non-hydrogen) atoms. The molecular weight excluding hydrogens is 476 g/mol. The second-order valence-electron chi connectivity index (χ2n) is 8.71.